The highest BCUT2D eigenvalue weighted by molar-refractivity contribution is 5.84. The molecule has 0 radical (unpaired) electrons. The zero-order valence-electron chi connectivity index (χ0n) is 11.1. The number of hydrogen-bond donors (Lipinski definition) is 2. The SMILES string of the molecule is CC1(NC(=O)C2C(C)(C)C2(C)C)CCNC1. The zero-order valence-corrected chi connectivity index (χ0v) is 11.1. The van der Waals surface area contributed by atoms with Crippen LogP contribution in [0.3, 0.4) is 0 Å². The molecule has 2 fully saturated rings. The molecule has 1 atom stereocenters. The van der Waals surface area contributed by atoms with Crippen molar-refractivity contribution in [2.45, 2.75) is 46.6 Å². The molecule has 3 heteroatoms. The Bertz CT molecular complexity index is 300. The summed E-state index contributed by atoms with van der Waals surface area (Å²) < 4.78 is 0. The number of nitrogens with one attached hydrogen (secondary N) is 2. The fourth-order valence-corrected chi connectivity index (χ4v) is 3.15. The van der Waals surface area contributed by atoms with Gasteiger partial charge in [-0.15, -0.1) is 0 Å². The van der Waals surface area contributed by atoms with Crippen LogP contribution in [0.1, 0.15) is 41.0 Å². The maximum atomic E-state index is 12.3. The van der Waals surface area contributed by atoms with Crippen LogP contribution in [0, 0.1) is 16.7 Å². The third kappa shape index (κ3) is 1.56. The fraction of sp³-hybridized carbons (Fsp3) is 0.923. The van der Waals surface area contributed by atoms with Gasteiger partial charge in [0.15, 0.2) is 0 Å². The molecule has 1 heterocycles. The number of carbonyl (C=O) groups is 1. The Labute approximate surface area is 98.4 Å². The normalized spacial score (nSPS) is 36.1. The molecule has 2 rings (SSSR count). The molecule has 16 heavy (non-hydrogen) atoms. The number of amides is 1. The smallest absolute Gasteiger partial charge is 0.224 e. The third-order valence-corrected chi connectivity index (χ3v) is 5.08. The summed E-state index contributed by atoms with van der Waals surface area (Å²) in [6, 6.07) is 0. The standard InChI is InChI=1S/C13H24N2O/c1-11(2)9(12(11,3)4)10(16)15-13(5)6-7-14-8-13/h9,14H,6-8H2,1-5H3,(H,15,16). The average Bonchev–Trinajstić information content (AvgIpc) is 2.46. The van der Waals surface area contributed by atoms with Crippen LogP contribution in [0.25, 0.3) is 0 Å². The van der Waals surface area contributed by atoms with Crippen molar-refractivity contribution >= 4 is 5.91 Å². The van der Waals surface area contributed by atoms with E-state index in [0.29, 0.717) is 0 Å². The molecule has 3 nitrogen and oxygen atoms in total. The van der Waals surface area contributed by atoms with Crippen LogP contribution in [-0.2, 0) is 4.79 Å². The lowest BCUT2D eigenvalue weighted by Gasteiger charge is -2.25. The molecule has 0 aromatic carbocycles. The van der Waals surface area contributed by atoms with Crippen molar-refractivity contribution in [1.82, 2.24) is 10.6 Å². The maximum absolute atomic E-state index is 12.3. The van der Waals surface area contributed by atoms with Crippen molar-refractivity contribution in [3.63, 3.8) is 0 Å². The second-order valence-electron chi connectivity index (χ2n) is 6.85. The van der Waals surface area contributed by atoms with Crippen LogP contribution < -0.4 is 10.6 Å². The third-order valence-electron chi connectivity index (χ3n) is 5.08. The molecule has 0 aromatic heterocycles. The maximum Gasteiger partial charge on any atom is 0.224 e. The van der Waals surface area contributed by atoms with Gasteiger partial charge in [-0.3, -0.25) is 4.79 Å². The highest BCUT2D eigenvalue weighted by Gasteiger charge is 2.68. The molecule has 2 N–H and O–H groups in total. The minimum atomic E-state index is -0.0359. The second-order valence-corrected chi connectivity index (χ2v) is 6.85. The molecule has 0 bridgehead atoms. The number of rotatable bonds is 2. The van der Waals surface area contributed by atoms with Gasteiger partial charge >= 0.3 is 0 Å². The van der Waals surface area contributed by atoms with Gasteiger partial charge in [-0.25, -0.2) is 0 Å². The van der Waals surface area contributed by atoms with E-state index in [-0.39, 0.29) is 28.2 Å². The van der Waals surface area contributed by atoms with E-state index in [1.807, 2.05) is 0 Å². The number of carbonyl (C=O) groups excluding carboxylic acids is 1. The van der Waals surface area contributed by atoms with Crippen LogP contribution >= 0.6 is 0 Å². The van der Waals surface area contributed by atoms with Gasteiger partial charge in [0, 0.05) is 12.5 Å². The van der Waals surface area contributed by atoms with E-state index in [4.69, 9.17) is 0 Å². The van der Waals surface area contributed by atoms with Crippen LogP contribution in [0.15, 0.2) is 0 Å². The Balaban J connectivity index is 2.01. The minimum absolute atomic E-state index is 0.0359. The van der Waals surface area contributed by atoms with E-state index in [1.165, 1.54) is 0 Å². The van der Waals surface area contributed by atoms with E-state index in [0.717, 1.165) is 19.5 Å². The summed E-state index contributed by atoms with van der Waals surface area (Å²) in [7, 11) is 0. The summed E-state index contributed by atoms with van der Waals surface area (Å²) in [5.74, 6) is 0.402. The van der Waals surface area contributed by atoms with Crippen LogP contribution in [0.5, 0.6) is 0 Å². The molecular formula is C13H24N2O. The molecule has 0 aromatic rings. The molecule has 1 unspecified atom stereocenters. The van der Waals surface area contributed by atoms with Crippen molar-refractivity contribution in [3.8, 4) is 0 Å². The second kappa shape index (κ2) is 3.22. The van der Waals surface area contributed by atoms with Gasteiger partial charge in [-0.2, -0.15) is 0 Å². The predicted octanol–water partition coefficient (Wildman–Crippen LogP) is 1.54. The fourth-order valence-electron chi connectivity index (χ4n) is 3.15. The molecule has 0 spiro atoms. The van der Waals surface area contributed by atoms with Gasteiger partial charge in [0.2, 0.25) is 5.91 Å². The first-order valence-electron chi connectivity index (χ1n) is 6.23. The van der Waals surface area contributed by atoms with Crippen molar-refractivity contribution in [1.29, 1.82) is 0 Å². The highest BCUT2D eigenvalue weighted by atomic mass is 16.2. The molecule has 1 saturated heterocycles. The van der Waals surface area contributed by atoms with E-state index in [1.54, 1.807) is 0 Å². The summed E-state index contributed by atoms with van der Waals surface area (Å²) >= 11 is 0. The predicted molar refractivity (Wildman–Crippen MR) is 65.1 cm³/mol. The van der Waals surface area contributed by atoms with Gasteiger partial charge in [0.25, 0.3) is 0 Å². The molecular weight excluding hydrogens is 200 g/mol. The Morgan fingerprint density at radius 2 is 1.75 bits per heavy atom. The summed E-state index contributed by atoms with van der Waals surface area (Å²) in [5, 5.41) is 6.53. The summed E-state index contributed by atoms with van der Waals surface area (Å²) in [6.45, 7) is 12.8. The average molecular weight is 224 g/mol. The molecule has 1 amide bonds. The first-order valence-corrected chi connectivity index (χ1v) is 6.23. The zero-order chi connectivity index (χ0) is 12.2. The lowest BCUT2D eigenvalue weighted by Crippen LogP contribution is -2.48. The summed E-state index contributed by atoms with van der Waals surface area (Å²) in [5.41, 5.74) is 0.241. The Morgan fingerprint density at radius 3 is 2.12 bits per heavy atom. The lowest BCUT2D eigenvalue weighted by atomic mass is 10.0. The molecule has 2 aliphatic rings. The summed E-state index contributed by atoms with van der Waals surface area (Å²) in [4.78, 5) is 12.3. The van der Waals surface area contributed by atoms with E-state index in [2.05, 4.69) is 45.3 Å². The topological polar surface area (TPSA) is 41.1 Å². The molecule has 1 saturated carbocycles. The van der Waals surface area contributed by atoms with E-state index >= 15 is 0 Å². The minimum Gasteiger partial charge on any atom is -0.349 e. The van der Waals surface area contributed by atoms with Crippen molar-refractivity contribution in [3.05, 3.63) is 0 Å². The first kappa shape index (κ1) is 11.9. The van der Waals surface area contributed by atoms with Crippen molar-refractivity contribution in [2.75, 3.05) is 13.1 Å². The number of hydrogen-bond acceptors (Lipinski definition) is 2. The summed E-state index contributed by atoms with van der Waals surface area (Å²) in [6.07, 6.45) is 1.03. The lowest BCUT2D eigenvalue weighted by molar-refractivity contribution is -0.125. The van der Waals surface area contributed by atoms with Crippen LogP contribution in [-0.4, -0.2) is 24.5 Å². The Hall–Kier alpha value is -0.570. The van der Waals surface area contributed by atoms with Gasteiger partial charge < -0.3 is 10.6 Å². The molecule has 1 aliphatic carbocycles. The molecule has 1 aliphatic heterocycles. The van der Waals surface area contributed by atoms with Crippen LogP contribution in [0.2, 0.25) is 0 Å². The quantitative estimate of drug-likeness (QED) is 0.747. The highest BCUT2D eigenvalue weighted by Crippen LogP contribution is 2.68. The van der Waals surface area contributed by atoms with Crippen molar-refractivity contribution < 1.29 is 4.79 Å². The van der Waals surface area contributed by atoms with Gasteiger partial charge in [0.05, 0.1) is 5.54 Å². The van der Waals surface area contributed by atoms with E-state index in [9.17, 15) is 4.79 Å². The molecule has 92 valence electrons. The van der Waals surface area contributed by atoms with Crippen LogP contribution in [0.4, 0.5) is 0 Å². The largest absolute Gasteiger partial charge is 0.349 e. The van der Waals surface area contributed by atoms with Gasteiger partial charge in [-0.05, 0) is 30.7 Å². The Kier molecular flexibility index (Phi) is 2.40. The first-order chi connectivity index (χ1) is 7.21. The van der Waals surface area contributed by atoms with Gasteiger partial charge in [-0.1, -0.05) is 27.7 Å². The van der Waals surface area contributed by atoms with Crippen molar-refractivity contribution in [2.24, 2.45) is 16.7 Å². The van der Waals surface area contributed by atoms with E-state index < -0.39 is 0 Å². The monoisotopic (exact) mass is 224 g/mol. The Morgan fingerprint density at radius 1 is 1.19 bits per heavy atom. The van der Waals surface area contributed by atoms with Gasteiger partial charge in [0.1, 0.15) is 0 Å².